The van der Waals surface area contributed by atoms with Crippen molar-refractivity contribution in [3.05, 3.63) is 59.4 Å². The third-order valence-electron chi connectivity index (χ3n) is 3.21. The van der Waals surface area contributed by atoms with Gasteiger partial charge in [-0.05, 0) is 37.6 Å². The van der Waals surface area contributed by atoms with E-state index in [0.717, 1.165) is 16.8 Å². The van der Waals surface area contributed by atoms with Crippen LogP contribution in [0.4, 0.5) is 5.69 Å². The maximum Gasteiger partial charge on any atom is 0.254 e. The molecular formula is C16H16Cl3N3O. The largest absolute Gasteiger partial charge is 0.362 e. The Morgan fingerprint density at radius 3 is 2.52 bits per heavy atom. The second-order valence-electron chi connectivity index (χ2n) is 5.15. The van der Waals surface area contributed by atoms with Crippen LogP contribution >= 0.6 is 34.8 Å². The summed E-state index contributed by atoms with van der Waals surface area (Å²) in [5, 5.41) is 5.74. The first kappa shape index (κ1) is 17.9. The molecule has 1 amide bonds. The van der Waals surface area contributed by atoms with Crippen LogP contribution in [0.5, 0.6) is 0 Å². The van der Waals surface area contributed by atoms with Gasteiger partial charge in [-0.2, -0.15) is 0 Å². The number of amides is 1. The van der Waals surface area contributed by atoms with E-state index in [1.165, 1.54) is 6.20 Å². The van der Waals surface area contributed by atoms with E-state index in [9.17, 15) is 4.79 Å². The van der Waals surface area contributed by atoms with Crippen molar-refractivity contribution >= 4 is 46.4 Å². The quantitative estimate of drug-likeness (QED) is 0.623. The second kappa shape index (κ2) is 7.39. The highest BCUT2D eigenvalue weighted by atomic mass is 35.6. The molecule has 0 aliphatic rings. The number of anilines is 1. The van der Waals surface area contributed by atoms with Crippen LogP contribution in [0.15, 0.2) is 42.7 Å². The number of aromatic nitrogens is 1. The first-order chi connectivity index (χ1) is 10.8. The molecule has 1 aromatic heterocycles. The van der Waals surface area contributed by atoms with Gasteiger partial charge in [0.15, 0.2) is 0 Å². The molecule has 2 N–H and O–H groups in total. The highest BCUT2D eigenvalue weighted by Crippen LogP contribution is 2.32. The Morgan fingerprint density at radius 1 is 1.22 bits per heavy atom. The predicted octanol–water partition coefficient (Wildman–Crippen LogP) is 4.24. The molecule has 2 aromatic rings. The Hall–Kier alpha value is -1.49. The van der Waals surface area contributed by atoms with Crippen LogP contribution in [-0.2, 0) is 0 Å². The topological polar surface area (TPSA) is 54.0 Å². The minimum atomic E-state index is -1.73. The zero-order valence-corrected chi connectivity index (χ0v) is 14.9. The van der Waals surface area contributed by atoms with Crippen molar-refractivity contribution in [2.75, 3.05) is 5.32 Å². The summed E-state index contributed by atoms with van der Waals surface area (Å²) in [4.78, 5) is 16.2. The number of alkyl halides is 3. The fourth-order valence-corrected chi connectivity index (χ4v) is 2.37. The van der Waals surface area contributed by atoms with E-state index in [4.69, 9.17) is 34.8 Å². The van der Waals surface area contributed by atoms with E-state index in [-0.39, 0.29) is 5.91 Å². The van der Waals surface area contributed by atoms with Gasteiger partial charge in [0.05, 0.1) is 5.56 Å². The van der Waals surface area contributed by atoms with Gasteiger partial charge in [-0.1, -0.05) is 52.5 Å². The lowest BCUT2D eigenvalue weighted by Gasteiger charge is -2.28. The number of nitrogens with zero attached hydrogens (tertiary/aromatic N) is 1. The average Bonchev–Trinajstić information content (AvgIpc) is 2.48. The fraction of sp³-hybridized carbons (Fsp3) is 0.250. The van der Waals surface area contributed by atoms with E-state index >= 15 is 0 Å². The number of benzene rings is 1. The number of hydrogen-bond acceptors (Lipinski definition) is 3. The van der Waals surface area contributed by atoms with E-state index in [1.54, 1.807) is 18.3 Å². The number of halogens is 3. The molecule has 0 spiro atoms. The van der Waals surface area contributed by atoms with Crippen molar-refractivity contribution in [1.29, 1.82) is 0 Å². The summed E-state index contributed by atoms with van der Waals surface area (Å²) in [6, 6.07) is 9.12. The van der Waals surface area contributed by atoms with Crippen molar-refractivity contribution in [3.8, 4) is 0 Å². The Bertz CT molecular complexity index is 687. The fourth-order valence-electron chi connectivity index (χ4n) is 2.04. The Balaban J connectivity index is 2.19. The number of aryl methyl sites for hydroxylation is 2. The summed E-state index contributed by atoms with van der Waals surface area (Å²) in [6.45, 7) is 3.93. The SMILES string of the molecule is Cc1ccc(N[C@@H](NC(=O)c2cccnc2)C(Cl)(Cl)Cl)c(C)c1. The van der Waals surface area contributed by atoms with Crippen molar-refractivity contribution in [1.82, 2.24) is 10.3 Å². The van der Waals surface area contributed by atoms with Crippen molar-refractivity contribution < 1.29 is 4.79 Å². The van der Waals surface area contributed by atoms with Crippen molar-refractivity contribution in [3.63, 3.8) is 0 Å². The third-order valence-corrected chi connectivity index (χ3v) is 3.86. The molecule has 0 fully saturated rings. The van der Waals surface area contributed by atoms with Crippen LogP contribution in [0, 0.1) is 13.8 Å². The van der Waals surface area contributed by atoms with Crippen LogP contribution in [-0.4, -0.2) is 20.8 Å². The molecule has 0 aliphatic carbocycles. The summed E-state index contributed by atoms with van der Waals surface area (Å²) in [5.41, 5.74) is 3.27. The number of rotatable bonds is 4. The van der Waals surface area contributed by atoms with E-state index in [1.807, 2.05) is 32.0 Å². The lowest BCUT2D eigenvalue weighted by atomic mass is 10.1. The molecule has 0 saturated carbocycles. The molecule has 0 aliphatic heterocycles. The first-order valence-corrected chi connectivity index (χ1v) is 8.02. The van der Waals surface area contributed by atoms with Gasteiger partial charge in [0.25, 0.3) is 5.91 Å². The summed E-state index contributed by atoms with van der Waals surface area (Å²) < 4.78 is -1.73. The van der Waals surface area contributed by atoms with Crippen LogP contribution < -0.4 is 10.6 Å². The standard InChI is InChI=1S/C16H16Cl3N3O/c1-10-5-6-13(11(2)8-10)21-15(16(17,18)19)22-14(23)12-4-3-7-20-9-12/h3-9,15,21H,1-2H3,(H,22,23)/t15-/m0/s1. The number of pyridine rings is 1. The normalized spacial score (nSPS) is 12.6. The molecule has 122 valence electrons. The van der Waals surface area contributed by atoms with Crippen LogP contribution in [0.2, 0.25) is 0 Å². The number of nitrogens with one attached hydrogen (secondary N) is 2. The molecule has 0 unspecified atom stereocenters. The molecule has 0 bridgehead atoms. The smallest absolute Gasteiger partial charge is 0.254 e. The lowest BCUT2D eigenvalue weighted by Crippen LogP contribution is -2.49. The molecule has 23 heavy (non-hydrogen) atoms. The van der Waals surface area contributed by atoms with Crippen molar-refractivity contribution in [2.24, 2.45) is 0 Å². The van der Waals surface area contributed by atoms with Gasteiger partial charge in [-0.3, -0.25) is 9.78 Å². The minimum absolute atomic E-state index is 0.383. The monoisotopic (exact) mass is 371 g/mol. The van der Waals surface area contributed by atoms with Gasteiger partial charge in [-0.15, -0.1) is 0 Å². The molecule has 0 saturated heterocycles. The Labute approximate surface area is 150 Å². The van der Waals surface area contributed by atoms with Crippen LogP contribution in [0.1, 0.15) is 21.5 Å². The number of carbonyl (C=O) groups is 1. The van der Waals surface area contributed by atoms with Gasteiger partial charge in [0.1, 0.15) is 6.17 Å². The molecule has 7 heteroatoms. The molecule has 1 heterocycles. The molecule has 1 atom stereocenters. The van der Waals surface area contributed by atoms with Gasteiger partial charge >= 0.3 is 0 Å². The molecule has 2 rings (SSSR count). The summed E-state index contributed by atoms with van der Waals surface area (Å²) in [5.74, 6) is -0.383. The van der Waals surface area contributed by atoms with Gasteiger partial charge < -0.3 is 10.6 Å². The highest BCUT2D eigenvalue weighted by molar-refractivity contribution is 6.68. The third kappa shape index (κ3) is 4.99. The van der Waals surface area contributed by atoms with Gasteiger partial charge in [0.2, 0.25) is 3.79 Å². The second-order valence-corrected chi connectivity index (χ2v) is 7.52. The zero-order valence-electron chi connectivity index (χ0n) is 12.6. The summed E-state index contributed by atoms with van der Waals surface area (Å²) in [7, 11) is 0. The Morgan fingerprint density at radius 2 is 1.96 bits per heavy atom. The maximum atomic E-state index is 12.3. The predicted molar refractivity (Wildman–Crippen MR) is 95.3 cm³/mol. The van der Waals surface area contributed by atoms with Crippen molar-refractivity contribution in [2.45, 2.75) is 23.8 Å². The summed E-state index contributed by atoms with van der Waals surface area (Å²) in [6.07, 6.45) is 2.13. The summed E-state index contributed by atoms with van der Waals surface area (Å²) >= 11 is 18.0. The van der Waals surface area contributed by atoms with E-state index in [0.29, 0.717) is 5.56 Å². The van der Waals surface area contributed by atoms with E-state index in [2.05, 4.69) is 15.6 Å². The van der Waals surface area contributed by atoms with Crippen LogP contribution in [0.25, 0.3) is 0 Å². The number of carbonyl (C=O) groups excluding carboxylic acids is 1. The molecule has 0 radical (unpaired) electrons. The zero-order chi connectivity index (χ0) is 17.0. The average molecular weight is 373 g/mol. The first-order valence-electron chi connectivity index (χ1n) is 6.89. The molecule has 4 nitrogen and oxygen atoms in total. The number of hydrogen-bond donors (Lipinski definition) is 2. The van der Waals surface area contributed by atoms with Crippen LogP contribution in [0.3, 0.4) is 0 Å². The van der Waals surface area contributed by atoms with E-state index < -0.39 is 9.96 Å². The molecular weight excluding hydrogens is 357 g/mol. The maximum absolute atomic E-state index is 12.3. The molecule has 1 aromatic carbocycles. The van der Waals surface area contributed by atoms with Gasteiger partial charge in [-0.25, -0.2) is 0 Å². The Kier molecular flexibility index (Phi) is 5.74. The minimum Gasteiger partial charge on any atom is -0.362 e. The lowest BCUT2D eigenvalue weighted by molar-refractivity contribution is 0.0941. The van der Waals surface area contributed by atoms with Gasteiger partial charge in [0, 0.05) is 18.1 Å². The highest BCUT2D eigenvalue weighted by Gasteiger charge is 2.34.